The number of unbranched alkanes of at least 4 members (excludes halogenated alkanes) is 1. The molecule has 1 unspecified atom stereocenters. The highest BCUT2D eigenvalue weighted by atomic mass is 16.5. The second-order valence-electron chi connectivity index (χ2n) is 4.60. The summed E-state index contributed by atoms with van der Waals surface area (Å²) in [6, 6.07) is 0. The molecular weight excluding hydrogens is 214 g/mol. The fourth-order valence-corrected chi connectivity index (χ4v) is 1.89. The van der Waals surface area contributed by atoms with E-state index in [2.05, 4.69) is 29.3 Å². The number of hydrogen-bond acceptors (Lipinski definition) is 4. The average molecular weight is 239 g/mol. The summed E-state index contributed by atoms with van der Waals surface area (Å²) >= 11 is 0. The standard InChI is InChI=1S/C13H25N3O/c1-4-6-7-12(5-2)10-14-9-8-13-15-11(3)17-16-13/h12,14H,4-10H2,1-3H3. The van der Waals surface area contributed by atoms with E-state index in [0.29, 0.717) is 5.89 Å². The molecule has 1 rings (SSSR count). The minimum Gasteiger partial charge on any atom is -0.340 e. The van der Waals surface area contributed by atoms with Gasteiger partial charge in [-0.15, -0.1) is 0 Å². The Morgan fingerprint density at radius 2 is 2.18 bits per heavy atom. The molecule has 17 heavy (non-hydrogen) atoms. The lowest BCUT2D eigenvalue weighted by Crippen LogP contribution is -2.25. The molecule has 0 radical (unpaired) electrons. The molecule has 0 amide bonds. The molecule has 0 fully saturated rings. The number of aryl methyl sites for hydroxylation is 1. The zero-order valence-electron chi connectivity index (χ0n) is 11.3. The van der Waals surface area contributed by atoms with Crippen molar-refractivity contribution in [2.75, 3.05) is 13.1 Å². The van der Waals surface area contributed by atoms with E-state index in [1.54, 1.807) is 0 Å². The van der Waals surface area contributed by atoms with E-state index in [4.69, 9.17) is 4.52 Å². The highest BCUT2D eigenvalue weighted by Gasteiger charge is 2.06. The van der Waals surface area contributed by atoms with Crippen LogP contribution in [0.15, 0.2) is 4.52 Å². The first kappa shape index (κ1) is 14.2. The van der Waals surface area contributed by atoms with Crippen LogP contribution in [0.1, 0.15) is 51.2 Å². The van der Waals surface area contributed by atoms with Crippen LogP contribution in [0.25, 0.3) is 0 Å². The molecule has 1 aromatic heterocycles. The summed E-state index contributed by atoms with van der Waals surface area (Å²) < 4.78 is 4.93. The molecular formula is C13H25N3O. The van der Waals surface area contributed by atoms with Crippen molar-refractivity contribution in [3.05, 3.63) is 11.7 Å². The third kappa shape index (κ3) is 5.82. The fraction of sp³-hybridized carbons (Fsp3) is 0.846. The monoisotopic (exact) mass is 239 g/mol. The maximum Gasteiger partial charge on any atom is 0.223 e. The summed E-state index contributed by atoms with van der Waals surface area (Å²) in [7, 11) is 0. The van der Waals surface area contributed by atoms with Crippen LogP contribution >= 0.6 is 0 Å². The van der Waals surface area contributed by atoms with Gasteiger partial charge in [-0.1, -0.05) is 38.3 Å². The van der Waals surface area contributed by atoms with E-state index >= 15 is 0 Å². The van der Waals surface area contributed by atoms with Gasteiger partial charge in [-0.05, 0) is 18.9 Å². The first-order valence-corrected chi connectivity index (χ1v) is 6.76. The quantitative estimate of drug-likeness (QED) is 0.673. The summed E-state index contributed by atoms with van der Waals surface area (Å²) in [5, 5.41) is 7.36. The van der Waals surface area contributed by atoms with Gasteiger partial charge in [0.25, 0.3) is 0 Å². The molecule has 4 heteroatoms. The van der Waals surface area contributed by atoms with Crippen LogP contribution in [0.4, 0.5) is 0 Å². The molecule has 98 valence electrons. The van der Waals surface area contributed by atoms with Crippen molar-refractivity contribution in [2.45, 2.75) is 52.9 Å². The Labute approximate surface area is 104 Å². The minimum atomic E-state index is 0.648. The van der Waals surface area contributed by atoms with Crippen LogP contribution in [0, 0.1) is 12.8 Å². The molecule has 4 nitrogen and oxygen atoms in total. The Morgan fingerprint density at radius 1 is 1.35 bits per heavy atom. The smallest absolute Gasteiger partial charge is 0.223 e. The normalized spacial score (nSPS) is 12.9. The van der Waals surface area contributed by atoms with Gasteiger partial charge in [0.2, 0.25) is 5.89 Å². The summed E-state index contributed by atoms with van der Waals surface area (Å²) in [5.74, 6) is 2.26. The Morgan fingerprint density at radius 3 is 2.76 bits per heavy atom. The Kier molecular flexibility index (Phi) is 6.86. The zero-order chi connectivity index (χ0) is 12.5. The van der Waals surface area contributed by atoms with E-state index in [-0.39, 0.29) is 0 Å². The Bertz CT molecular complexity index is 299. The lowest BCUT2D eigenvalue weighted by molar-refractivity contribution is 0.385. The van der Waals surface area contributed by atoms with Crippen molar-refractivity contribution in [3.8, 4) is 0 Å². The van der Waals surface area contributed by atoms with Gasteiger partial charge >= 0.3 is 0 Å². The van der Waals surface area contributed by atoms with Gasteiger partial charge in [0.05, 0.1) is 0 Å². The van der Waals surface area contributed by atoms with Crippen LogP contribution in [-0.2, 0) is 6.42 Å². The van der Waals surface area contributed by atoms with E-state index in [0.717, 1.165) is 31.3 Å². The minimum absolute atomic E-state index is 0.648. The number of nitrogens with zero attached hydrogens (tertiary/aromatic N) is 2. The first-order chi connectivity index (χ1) is 8.26. The van der Waals surface area contributed by atoms with E-state index in [1.165, 1.54) is 25.7 Å². The van der Waals surface area contributed by atoms with Crippen molar-refractivity contribution >= 4 is 0 Å². The van der Waals surface area contributed by atoms with Crippen molar-refractivity contribution in [1.82, 2.24) is 15.5 Å². The highest BCUT2D eigenvalue weighted by molar-refractivity contribution is 4.84. The van der Waals surface area contributed by atoms with Crippen LogP contribution in [-0.4, -0.2) is 23.2 Å². The summed E-state index contributed by atoms with van der Waals surface area (Å²) in [6.45, 7) is 8.37. The van der Waals surface area contributed by atoms with E-state index in [9.17, 15) is 0 Å². The Balaban J connectivity index is 2.09. The second-order valence-corrected chi connectivity index (χ2v) is 4.60. The number of aromatic nitrogens is 2. The van der Waals surface area contributed by atoms with Crippen LogP contribution < -0.4 is 5.32 Å². The van der Waals surface area contributed by atoms with Crippen LogP contribution in [0.5, 0.6) is 0 Å². The predicted octanol–water partition coefficient (Wildman–Crippen LogP) is 2.73. The Hall–Kier alpha value is -0.900. The number of nitrogens with one attached hydrogen (secondary N) is 1. The molecule has 1 aromatic rings. The first-order valence-electron chi connectivity index (χ1n) is 6.76. The van der Waals surface area contributed by atoms with Crippen LogP contribution in [0.2, 0.25) is 0 Å². The van der Waals surface area contributed by atoms with E-state index < -0.39 is 0 Å². The highest BCUT2D eigenvalue weighted by Crippen LogP contribution is 2.11. The molecule has 0 saturated carbocycles. The molecule has 0 aromatic carbocycles. The third-order valence-electron chi connectivity index (χ3n) is 3.07. The van der Waals surface area contributed by atoms with Gasteiger partial charge < -0.3 is 9.84 Å². The van der Waals surface area contributed by atoms with Crippen molar-refractivity contribution in [3.63, 3.8) is 0 Å². The SMILES string of the molecule is CCCCC(CC)CNCCc1noc(C)n1. The summed E-state index contributed by atoms with van der Waals surface area (Å²) in [4.78, 5) is 4.18. The van der Waals surface area contributed by atoms with Gasteiger partial charge in [-0.3, -0.25) is 0 Å². The molecule has 1 heterocycles. The average Bonchev–Trinajstić information content (AvgIpc) is 2.74. The van der Waals surface area contributed by atoms with E-state index in [1.807, 2.05) is 6.92 Å². The lowest BCUT2D eigenvalue weighted by Gasteiger charge is -2.14. The van der Waals surface area contributed by atoms with Gasteiger partial charge in [-0.25, -0.2) is 0 Å². The summed E-state index contributed by atoms with van der Waals surface area (Å²) in [5.41, 5.74) is 0. The van der Waals surface area contributed by atoms with Gasteiger partial charge in [0, 0.05) is 19.9 Å². The molecule has 0 aliphatic rings. The van der Waals surface area contributed by atoms with Gasteiger partial charge in [-0.2, -0.15) is 4.98 Å². The molecule has 1 atom stereocenters. The van der Waals surface area contributed by atoms with Gasteiger partial charge in [0.1, 0.15) is 0 Å². The molecule has 0 bridgehead atoms. The molecule has 0 spiro atoms. The van der Waals surface area contributed by atoms with Crippen molar-refractivity contribution in [2.24, 2.45) is 5.92 Å². The predicted molar refractivity (Wildman–Crippen MR) is 68.9 cm³/mol. The second kappa shape index (κ2) is 8.23. The topological polar surface area (TPSA) is 51.0 Å². The zero-order valence-corrected chi connectivity index (χ0v) is 11.3. The largest absolute Gasteiger partial charge is 0.340 e. The lowest BCUT2D eigenvalue weighted by atomic mass is 9.99. The fourth-order valence-electron chi connectivity index (χ4n) is 1.89. The van der Waals surface area contributed by atoms with Crippen molar-refractivity contribution in [1.29, 1.82) is 0 Å². The molecule has 1 N–H and O–H groups in total. The van der Waals surface area contributed by atoms with Crippen molar-refractivity contribution < 1.29 is 4.52 Å². The third-order valence-corrected chi connectivity index (χ3v) is 3.07. The summed E-state index contributed by atoms with van der Waals surface area (Å²) in [6.07, 6.45) is 6.07. The molecule has 0 aliphatic carbocycles. The maximum atomic E-state index is 4.93. The molecule has 0 saturated heterocycles. The maximum absolute atomic E-state index is 4.93. The van der Waals surface area contributed by atoms with Gasteiger partial charge in [0.15, 0.2) is 5.82 Å². The number of hydrogen-bond donors (Lipinski definition) is 1. The van der Waals surface area contributed by atoms with Crippen LogP contribution in [0.3, 0.4) is 0 Å². The molecule has 0 aliphatic heterocycles. The number of rotatable bonds is 9.